The van der Waals surface area contributed by atoms with E-state index in [1.165, 1.54) is 0 Å². The van der Waals surface area contributed by atoms with Gasteiger partial charge in [-0.2, -0.15) is 60.5 Å². The number of aliphatic hydroxyl groups is 2. The Morgan fingerprint density at radius 2 is 1.24 bits per heavy atom. The van der Waals surface area contributed by atoms with Crippen molar-refractivity contribution in [3.8, 4) is 0 Å². The van der Waals surface area contributed by atoms with Crippen molar-refractivity contribution in [2.75, 3.05) is 47.7 Å². The molecule has 0 amide bonds. The number of thioether (sulfide) groups is 3. The summed E-state index contributed by atoms with van der Waals surface area (Å²) < 4.78 is 0. The molecule has 0 aromatic rings. The third kappa shape index (κ3) is 11.2. The van der Waals surface area contributed by atoms with Crippen molar-refractivity contribution in [1.82, 2.24) is 0 Å². The van der Waals surface area contributed by atoms with Crippen LogP contribution in [0.2, 0.25) is 0 Å². The van der Waals surface area contributed by atoms with E-state index in [1.807, 2.05) is 11.8 Å². The number of hydrogen-bond donors (Lipinski definition) is 4. The first-order valence-corrected chi connectivity index (χ1v) is 10.0. The fourth-order valence-electron chi connectivity index (χ4n) is 1.08. The molecule has 104 valence electrons. The Morgan fingerprint density at radius 3 is 1.53 bits per heavy atom. The number of hydrogen-bond acceptors (Lipinski definition) is 7. The zero-order chi connectivity index (χ0) is 12.9. The van der Waals surface area contributed by atoms with E-state index in [1.54, 1.807) is 23.5 Å². The molecule has 0 aliphatic carbocycles. The van der Waals surface area contributed by atoms with Crippen LogP contribution < -0.4 is 0 Å². The molecule has 0 aliphatic heterocycles. The van der Waals surface area contributed by atoms with Crippen LogP contribution in [0.15, 0.2) is 0 Å². The molecule has 7 heteroatoms. The summed E-state index contributed by atoms with van der Waals surface area (Å²) >= 11 is 13.7. The molecule has 0 spiro atoms. The largest absolute Gasteiger partial charge is 0.395 e. The normalized spacial score (nSPS) is 14.8. The SMILES string of the molecule is OCC(CSCC(CO)SCCS)SCCS. The second-order valence-corrected chi connectivity index (χ2v) is 8.12. The van der Waals surface area contributed by atoms with Crippen molar-refractivity contribution in [3.63, 3.8) is 0 Å². The lowest BCUT2D eigenvalue weighted by Crippen LogP contribution is -2.17. The van der Waals surface area contributed by atoms with Gasteiger partial charge < -0.3 is 10.2 Å². The van der Waals surface area contributed by atoms with Crippen LogP contribution in [0.3, 0.4) is 0 Å². The predicted octanol–water partition coefficient (Wildman–Crippen LogP) is 1.77. The van der Waals surface area contributed by atoms with Crippen LogP contribution in [0.1, 0.15) is 0 Å². The smallest absolute Gasteiger partial charge is 0.0558 e. The highest BCUT2D eigenvalue weighted by Crippen LogP contribution is 2.21. The summed E-state index contributed by atoms with van der Waals surface area (Å²) in [5.74, 6) is 5.53. The molecule has 0 aliphatic rings. The zero-order valence-corrected chi connectivity index (χ0v) is 14.1. The molecule has 2 unspecified atom stereocenters. The van der Waals surface area contributed by atoms with Gasteiger partial charge in [-0.15, -0.1) is 0 Å². The summed E-state index contributed by atoms with van der Waals surface area (Å²) in [5.41, 5.74) is 0. The van der Waals surface area contributed by atoms with Crippen molar-refractivity contribution in [2.24, 2.45) is 0 Å². The molecule has 0 heterocycles. The summed E-state index contributed by atoms with van der Waals surface area (Å²) in [4.78, 5) is 0. The van der Waals surface area contributed by atoms with Gasteiger partial charge in [-0.1, -0.05) is 0 Å². The third-order valence-electron chi connectivity index (χ3n) is 1.90. The van der Waals surface area contributed by atoms with E-state index in [2.05, 4.69) is 25.3 Å². The lowest BCUT2D eigenvalue weighted by Gasteiger charge is -2.16. The Labute approximate surface area is 128 Å². The molecule has 2 N–H and O–H groups in total. The van der Waals surface area contributed by atoms with E-state index in [9.17, 15) is 10.2 Å². The highest BCUT2D eigenvalue weighted by Gasteiger charge is 2.11. The van der Waals surface area contributed by atoms with Gasteiger partial charge in [0.15, 0.2) is 0 Å². The molecule has 0 radical (unpaired) electrons. The summed E-state index contributed by atoms with van der Waals surface area (Å²) in [7, 11) is 0. The van der Waals surface area contributed by atoms with Crippen molar-refractivity contribution in [3.05, 3.63) is 0 Å². The van der Waals surface area contributed by atoms with Gasteiger partial charge in [0.2, 0.25) is 0 Å². The zero-order valence-electron chi connectivity index (χ0n) is 9.83. The summed E-state index contributed by atoms with van der Waals surface area (Å²) in [6.45, 7) is 0.442. The topological polar surface area (TPSA) is 40.5 Å². The fourth-order valence-corrected chi connectivity index (χ4v) is 5.02. The Balaban J connectivity index is 3.61. The van der Waals surface area contributed by atoms with E-state index in [4.69, 9.17) is 0 Å². The van der Waals surface area contributed by atoms with E-state index in [0.717, 1.165) is 34.5 Å². The molecular formula is C10H22O2S5. The fraction of sp³-hybridized carbons (Fsp3) is 1.00. The van der Waals surface area contributed by atoms with Crippen molar-refractivity contribution in [1.29, 1.82) is 0 Å². The minimum absolute atomic E-state index is 0.221. The van der Waals surface area contributed by atoms with Crippen LogP contribution in [-0.2, 0) is 0 Å². The highest BCUT2D eigenvalue weighted by atomic mass is 32.2. The van der Waals surface area contributed by atoms with Gasteiger partial charge in [-0.3, -0.25) is 0 Å². The van der Waals surface area contributed by atoms with Crippen molar-refractivity contribution in [2.45, 2.75) is 10.5 Å². The molecule has 2 nitrogen and oxygen atoms in total. The van der Waals surface area contributed by atoms with E-state index < -0.39 is 0 Å². The van der Waals surface area contributed by atoms with Crippen LogP contribution in [0.5, 0.6) is 0 Å². The van der Waals surface area contributed by atoms with E-state index >= 15 is 0 Å². The molecule has 0 rings (SSSR count). The Bertz CT molecular complexity index is 146. The number of thiol groups is 2. The molecule has 0 fully saturated rings. The molecule has 0 aromatic carbocycles. The first-order valence-electron chi connectivity index (χ1n) is 5.52. The second-order valence-electron chi connectivity index (χ2n) is 3.34. The highest BCUT2D eigenvalue weighted by molar-refractivity contribution is 8.05. The average Bonchev–Trinajstić information content (AvgIpc) is 2.37. The Morgan fingerprint density at radius 1 is 0.824 bits per heavy atom. The van der Waals surface area contributed by atoms with Crippen molar-refractivity contribution >= 4 is 60.5 Å². The first-order chi connectivity index (χ1) is 8.28. The van der Waals surface area contributed by atoms with Crippen LogP contribution in [-0.4, -0.2) is 68.4 Å². The molecule has 17 heavy (non-hydrogen) atoms. The molecular weight excluding hydrogens is 312 g/mol. The van der Waals surface area contributed by atoms with Gasteiger partial charge in [0.05, 0.1) is 13.2 Å². The maximum atomic E-state index is 9.19. The minimum atomic E-state index is 0.221. The summed E-state index contributed by atoms with van der Waals surface area (Å²) in [6.07, 6.45) is 0. The van der Waals surface area contributed by atoms with Gasteiger partial charge in [0, 0.05) is 33.5 Å². The van der Waals surface area contributed by atoms with Gasteiger partial charge >= 0.3 is 0 Å². The molecule has 0 aromatic heterocycles. The van der Waals surface area contributed by atoms with Gasteiger partial charge in [0.25, 0.3) is 0 Å². The molecule has 2 atom stereocenters. The Kier molecular flexibility index (Phi) is 15.5. The molecule has 0 bridgehead atoms. The standard InChI is InChI=1S/C10H22O2S5/c11-5-9(16-3-1-13)7-15-8-10(6-12)17-4-2-14/h9-14H,1-8H2. The van der Waals surface area contributed by atoms with E-state index in [0.29, 0.717) is 10.5 Å². The number of aliphatic hydroxyl groups excluding tert-OH is 2. The van der Waals surface area contributed by atoms with Crippen molar-refractivity contribution < 1.29 is 10.2 Å². The lowest BCUT2D eigenvalue weighted by molar-refractivity contribution is 0.300. The Hall–Kier alpha value is 1.67. The minimum Gasteiger partial charge on any atom is -0.395 e. The molecule has 0 saturated carbocycles. The monoisotopic (exact) mass is 334 g/mol. The second kappa shape index (κ2) is 14.1. The summed E-state index contributed by atoms with van der Waals surface area (Å²) in [6, 6.07) is 0. The predicted molar refractivity (Wildman–Crippen MR) is 91.7 cm³/mol. The third-order valence-corrected chi connectivity index (χ3v) is 7.11. The average molecular weight is 335 g/mol. The number of rotatable bonds is 12. The van der Waals surface area contributed by atoms with Gasteiger partial charge in [-0.25, -0.2) is 0 Å². The maximum absolute atomic E-state index is 9.19. The molecule has 0 saturated heterocycles. The summed E-state index contributed by atoms with van der Waals surface area (Å²) in [5, 5.41) is 19.0. The quantitative estimate of drug-likeness (QED) is 0.410. The lowest BCUT2D eigenvalue weighted by atomic mass is 10.5. The van der Waals surface area contributed by atoms with Gasteiger partial charge in [-0.05, 0) is 11.5 Å². The maximum Gasteiger partial charge on any atom is 0.0558 e. The van der Waals surface area contributed by atoms with Crippen LogP contribution >= 0.6 is 60.5 Å². The first kappa shape index (κ1) is 18.7. The van der Waals surface area contributed by atoms with Gasteiger partial charge in [0.1, 0.15) is 0 Å². The van der Waals surface area contributed by atoms with E-state index in [-0.39, 0.29) is 13.2 Å². The van der Waals surface area contributed by atoms with Crippen LogP contribution in [0.25, 0.3) is 0 Å². The van der Waals surface area contributed by atoms with Crippen LogP contribution in [0.4, 0.5) is 0 Å². The van der Waals surface area contributed by atoms with Crippen LogP contribution in [0, 0.1) is 0 Å².